The molecule has 0 fully saturated rings. The third-order valence-corrected chi connectivity index (χ3v) is 3.58. The van der Waals surface area contributed by atoms with Crippen LogP contribution in [0.4, 0.5) is 4.39 Å². The Labute approximate surface area is 125 Å². The summed E-state index contributed by atoms with van der Waals surface area (Å²) in [5.74, 6) is -1.76. The Bertz CT molecular complexity index is 946. The summed E-state index contributed by atoms with van der Waals surface area (Å²) in [6.45, 7) is 1.47. The molecule has 5 heteroatoms. The minimum absolute atomic E-state index is 0.121. The van der Waals surface area contributed by atoms with Crippen LogP contribution in [0.15, 0.2) is 53.3 Å². The van der Waals surface area contributed by atoms with Crippen molar-refractivity contribution in [3.8, 4) is 5.69 Å². The van der Waals surface area contributed by atoms with Crippen LogP contribution in [-0.4, -0.2) is 15.6 Å². The second kappa shape index (κ2) is 5.11. The van der Waals surface area contributed by atoms with Crippen LogP contribution in [0, 0.1) is 12.7 Å². The smallest absolute Gasteiger partial charge is 0.353 e. The Balaban J connectivity index is 2.59. The van der Waals surface area contributed by atoms with E-state index in [1.807, 2.05) is 0 Å². The summed E-state index contributed by atoms with van der Waals surface area (Å²) < 4.78 is 15.0. The summed E-state index contributed by atoms with van der Waals surface area (Å²) >= 11 is 0. The molecule has 22 heavy (non-hydrogen) atoms. The molecule has 2 aromatic carbocycles. The van der Waals surface area contributed by atoms with Gasteiger partial charge in [-0.15, -0.1) is 0 Å². The van der Waals surface area contributed by atoms with Crippen LogP contribution in [0.1, 0.15) is 16.1 Å². The van der Waals surface area contributed by atoms with Gasteiger partial charge in [0, 0.05) is 16.6 Å². The number of hydrogen-bond acceptors (Lipinski definition) is 2. The van der Waals surface area contributed by atoms with Gasteiger partial charge < -0.3 is 9.67 Å². The third-order valence-electron chi connectivity index (χ3n) is 3.58. The summed E-state index contributed by atoms with van der Waals surface area (Å²) in [6.07, 6.45) is 0. The molecule has 0 radical (unpaired) electrons. The van der Waals surface area contributed by atoms with E-state index in [0.29, 0.717) is 5.69 Å². The molecular weight excluding hydrogens is 285 g/mol. The summed E-state index contributed by atoms with van der Waals surface area (Å²) in [5, 5.41) is 9.79. The lowest BCUT2D eigenvalue weighted by Gasteiger charge is -2.16. The van der Waals surface area contributed by atoms with Gasteiger partial charge >= 0.3 is 5.97 Å². The number of nitrogens with zero attached hydrogens (tertiary/aromatic N) is 1. The predicted molar refractivity (Wildman–Crippen MR) is 81.2 cm³/mol. The fraction of sp³-hybridized carbons (Fsp3) is 0.0588. The SMILES string of the molecule is Cc1c(C(=O)O)n(-c2ccccc2)c2cc(F)ccc2c1=O. The van der Waals surface area contributed by atoms with Crippen LogP contribution in [0.25, 0.3) is 16.6 Å². The standard InChI is InChI=1S/C17H12FNO3/c1-10-15(17(21)22)19(12-5-3-2-4-6-12)14-9-11(18)7-8-13(14)16(10)20/h2-9H,1H3,(H,21,22). The normalized spacial score (nSPS) is 10.8. The lowest BCUT2D eigenvalue weighted by Crippen LogP contribution is -2.21. The van der Waals surface area contributed by atoms with Crippen molar-refractivity contribution < 1.29 is 14.3 Å². The van der Waals surface area contributed by atoms with Crippen molar-refractivity contribution in [2.24, 2.45) is 0 Å². The summed E-state index contributed by atoms with van der Waals surface area (Å²) in [6, 6.07) is 12.5. The van der Waals surface area contributed by atoms with E-state index >= 15 is 0 Å². The molecule has 0 saturated heterocycles. The number of benzene rings is 2. The number of aromatic nitrogens is 1. The zero-order chi connectivity index (χ0) is 15.9. The number of fused-ring (bicyclic) bond motifs is 1. The number of pyridine rings is 1. The fourth-order valence-corrected chi connectivity index (χ4v) is 2.58. The largest absolute Gasteiger partial charge is 0.477 e. The van der Waals surface area contributed by atoms with Gasteiger partial charge in [-0.25, -0.2) is 9.18 Å². The maximum atomic E-state index is 13.6. The quantitative estimate of drug-likeness (QED) is 0.790. The lowest BCUT2D eigenvalue weighted by molar-refractivity contribution is 0.0687. The Morgan fingerprint density at radius 2 is 1.82 bits per heavy atom. The van der Waals surface area contributed by atoms with Crippen molar-refractivity contribution >= 4 is 16.9 Å². The topological polar surface area (TPSA) is 59.3 Å². The van der Waals surface area contributed by atoms with E-state index in [9.17, 15) is 19.1 Å². The number of carboxylic acid groups (broad SMARTS) is 1. The lowest BCUT2D eigenvalue weighted by atomic mass is 10.1. The number of para-hydroxylation sites is 1. The van der Waals surface area contributed by atoms with Gasteiger partial charge in [0.1, 0.15) is 11.5 Å². The monoisotopic (exact) mass is 297 g/mol. The molecule has 1 N–H and O–H groups in total. The van der Waals surface area contributed by atoms with E-state index in [2.05, 4.69) is 0 Å². The minimum atomic E-state index is -1.23. The molecule has 0 spiro atoms. The molecule has 0 aliphatic heterocycles. The van der Waals surface area contributed by atoms with Crippen molar-refractivity contribution in [1.29, 1.82) is 0 Å². The molecule has 3 aromatic rings. The van der Waals surface area contributed by atoms with Crippen molar-refractivity contribution in [2.75, 3.05) is 0 Å². The summed E-state index contributed by atoms with van der Waals surface area (Å²) in [4.78, 5) is 24.0. The van der Waals surface area contributed by atoms with Gasteiger partial charge in [-0.2, -0.15) is 0 Å². The van der Waals surface area contributed by atoms with Gasteiger partial charge in [-0.05, 0) is 37.3 Å². The highest BCUT2D eigenvalue weighted by Gasteiger charge is 2.20. The van der Waals surface area contributed by atoms with Crippen LogP contribution in [0.5, 0.6) is 0 Å². The average molecular weight is 297 g/mol. The van der Waals surface area contributed by atoms with Crippen LogP contribution < -0.4 is 5.43 Å². The fourth-order valence-electron chi connectivity index (χ4n) is 2.58. The maximum Gasteiger partial charge on any atom is 0.353 e. The number of carbonyl (C=O) groups is 1. The van der Waals surface area contributed by atoms with E-state index in [4.69, 9.17) is 0 Å². The molecular formula is C17H12FNO3. The molecule has 3 rings (SSSR count). The molecule has 0 atom stereocenters. The van der Waals surface area contributed by atoms with Gasteiger partial charge in [0.25, 0.3) is 0 Å². The zero-order valence-electron chi connectivity index (χ0n) is 11.7. The van der Waals surface area contributed by atoms with Crippen LogP contribution in [0.3, 0.4) is 0 Å². The van der Waals surface area contributed by atoms with Crippen molar-refractivity contribution in [2.45, 2.75) is 6.92 Å². The Morgan fingerprint density at radius 3 is 2.45 bits per heavy atom. The third kappa shape index (κ3) is 2.07. The van der Waals surface area contributed by atoms with Gasteiger partial charge in [-0.1, -0.05) is 18.2 Å². The second-order valence-electron chi connectivity index (χ2n) is 4.94. The highest BCUT2D eigenvalue weighted by molar-refractivity contribution is 5.93. The Kier molecular flexibility index (Phi) is 3.25. The predicted octanol–water partition coefficient (Wildman–Crippen LogP) is 3.14. The Morgan fingerprint density at radius 1 is 1.14 bits per heavy atom. The summed E-state index contributed by atoms with van der Waals surface area (Å²) in [7, 11) is 0. The van der Waals surface area contributed by atoms with Gasteiger partial charge in [0.2, 0.25) is 0 Å². The number of aromatic carboxylic acids is 1. The number of rotatable bonds is 2. The summed E-state index contributed by atoms with van der Waals surface area (Å²) in [5.41, 5.74) is 0.349. The van der Waals surface area contributed by atoms with E-state index < -0.39 is 17.2 Å². The molecule has 0 amide bonds. The van der Waals surface area contributed by atoms with Crippen molar-refractivity contribution in [1.82, 2.24) is 4.57 Å². The van der Waals surface area contributed by atoms with E-state index in [-0.39, 0.29) is 22.2 Å². The minimum Gasteiger partial charge on any atom is -0.477 e. The van der Waals surface area contributed by atoms with Gasteiger partial charge in [0.15, 0.2) is 5.43 Å². The first-order chi connectivity index (χ1) is 10.5. The molecule has 1 aromatic heterocycles. The van der Waals surface area contributed by atoms with E-state index in [0.717, 1.165) is 0 Å². The van der Waals surface area contributed by atoms with Crippen LogP contribution >= 0.6 is 0 Å². The first kappa shape index (κ1) is 14.0. The van der Waals surface area contributed by atoms with Crippen molar-refractivity contribution in [3.05, 3.63) is 75.8 Å². The van der Waals surface area contributed by atoms with Crippen molar-refractivity contribution in [3.63, 3.8) is 0 Å². The molecule has 0 aliphatic carbocycles. The average Bonchev–Trinajstić information content (AvgIpc) is 2.51. The molecule has 4 nitrogen and oxygen atoms in total. The molecule has 0 unspecified atom stereocenters. The van der Waals surface area contributed by atoms with Gasteiger partial charge in [-0.3, -0.25) is 4.79 Å². The first-order valence-corrected chi connectivity index (χ1v) is 6.64. The molecule has 110 valence electrons. The maximum absolute atomic E-state index is 13.6. The first-order valence-electron chi connectivity index (χ1n) is 6.64. The highest BCUT2D eigenvalue weighted by Crippen LogP contribution is 2.22. The van der Waals surface area contributed by atoms with Crippen LogP contribution in [0.2, 0.25) is 0 Å². The molecule has 0 bridgehead atoms. The highest BCUT2D eigenvalue weighted by atomic mass is 19.1. The van der Waals surface area contributed by atoms with Crippen LogP contribution in [-0.2, 0) is 0 Å². The molecule has 0 saturated carbocycles. The number of carboxylic acids is 1. The molecule has 1 heterocycles. The van der Waals surface area contributed by atoms with E-state index in [1.54, 1.807) is 30.3 Å². The zero-order valence-corrected chi connectivity index (χ0v) is 11.7. The second-order valence-corrected chi connectivity index (χ2v) is 4.94. The van der Waals surface area contributed by atoms with E-state index in [1.165, 1.54) is 29.7 Å². The number of hydrogen-bond donors (Lipinski definition) is 1. The molecule has 0 aliphatic rings. The Hall–Kier alpha value is -2.95. The number of halogens is 1. The van der Waals surface area contributed by atoms with Gasteiger partial charge in [0.05, 0.1) is 5.52 Å².